The van der Waals surface area contributed by atoms with Crippen molar-refractivity contribution in [3.8, 4) is 0 Å². The fraction of sp³-hybridized carbons (Fsp3) is 0. The molecule has 0 fully saturated rings. The lowest BCUT2D eigenvalue weighted by Gasteiger charge is -1.97. The van der Waals surface area contributed by atoms with E-state index in [1.807, 2.05) is 0 Å². The van der Waals surface area contributed by atoms with Crippen LogP contribution in [0, 0.1) is 5.82 Å². The molecule has 0 aliphatic rings. The SMILES string of the molecule is O=S(O)Nc1ccc(F)cn1. The molecule has 1 aromatic rings. The summed E-state index contributed by atoms with van der Waals surface area (Å²) in [4.78, 5) is 3.48. The number of hydrogen-bond donors (Lipinski definition) is 2. The highest BCUT2D eigenvalue weighted by atomic mass is 32.2. The zero-order valence-corrected chi connectivity index (χ0v) is 6.14. The molecule has 0 spiro atoms. The minimum atomic E-state index is -2.16. The first-order valence-corrected chi connectivity index (χ1v) is 3.78. The summed E-state index contributed by atoms with van der Waals surface area (Å²) in [7, 11) is 0. The van der Waals surface area contributed by atoms with Crippen LogP contribution >= 0.6 is 0 Å². The van der Waals surface area contributed by atoms with Crippen LogP contribution in [0.2, 0.25) is 0 Å². The normalized spacial score (nSPS) is 12.5. The van der Waals surface area contributed by atoms with Gasteiger partial charge in [0, 0.05) is 0 Å². The number of hydrogen-bond acceptors (Lipinski definition) is 2. The van der Waals surface area contributed by atoms with E-state index in [0.29, 0.717) is 0 Å². The maximum absolute atomic E-state index is 12.2. The standard InChI is InChI=1S/C5H5FN2O2S/c6-4-1-2-5(7-3-4)8-11(9)10/h1-3H,(H,7,8)(H,9,10). The van der Waals surface area contributed by atoms with Gasteiger partial charge in [-0.1, -0.05) is 0 Å². The summed E-state index contributed by atoms with van der Waals surface area (Å²) in [5, 5.41) is 0. The first-order chi connectivity index (χ1) is 5.18. The van der Waals surface area contributed by atoms with E-state index in [4.69, 9.17) is 4.55 Å². The Morgan fingerprint density at radius 3 is 2.82 bits per heavy atom. The quantitative estimate of drug-likeness (QED) is 0.654. The molecule has 0 aromatic carbocycles. The lowest BCUT2D eigenvalue weighted by molar-refractivity contribution is 0.569. The van der Waals surface area contributed by atoms with Crippen LogP contribution in [0.15, 0.2) is 18.3 Å². The van der Waals surface area contributed by atoms with E-state index in [9.17, 15) is 8.60 Å². The average Bonchev–Trinajstić information content (AvgIpc) is 1.93. The van der Waals surface area contributed by atoms with Crippen LogP contribution in [0.25, 0.3) is 0 Å². The summed E-state index contributed by atoms with van der Waals surface area (Å²) >= 11 is -2.16. The van der Waals surface area contributed by atoms with Crippen LogP contribution in [0.3, 0.4) is 0 Å². The van der Waals surface area contributed by atoms with Crippen molar-refractivity contribution in [2.45, 2.75) is 0 Å². The maximum Gasteiger partial charge on any atom is 0.260 e. The van der Waals surface area contributed by atoms with Gasteiger partial charge in [-0.2, -0.15) is 0 Å². The Balaban J connectivity index is 2.74. The number of nitrogens with zero attached hydrogens (tertiary/aromatic N) is 1. The van der Waals surface area contributed by atoms with E-state index < -0.39 is 17.1 Å². The highest BCUT2D eigenvalue weighted by molar-refractivity contribution is 7.80. The molecule has 0 saturated carbocycles. The van der Waals surface area contributed by atoms with Crippen molar-refractivity contribution in [3.05, 3.63) is 24.1 Å². The number of rotatable bonds is 2. The highest BCUT2D eigenvalue weighted by Gasteiger charge is 1.95. The van der Waals surface area contributed by atoms with Crippen molar-refractivity contribution in [1.29, 1.82) is 0 Å². The van der Waals surface area contributed by atoms with Gasteiger partial charge in [0.15, 0.2) is 0 Å². The van der Waals surface area contributed by atoms with Crippen molar-refractivity contribution in [1.82, 2.24) is 4.98 Å². The first kappa shape index (κ1) is 8.09. The summed E-state index contributed by atoms with van der Waals surface area (Å²) in [5.41, 5.74) is 0. The summed E-state index contributed by atoms with van der Waals surface area (Å²) in [5.74, 6) is -0.327. The second-order valence-corrected chi connectivity index (χ2v) is 2.42. The molecule has 6 heteroatoms. The minimum Gasteiger partial charge on any atom is -0.289 e. The third-order valence-electron chi connectivity index (χ3n) is 0.919. The topological polar surface area (TPSA) is 62.2 Å². The highest BCUT2D eigenvalue weighted by Crippen LogP contribution is 2.02. The second-order valence-electron chi connectivity index (χ2n) is 1.71. The zero-order valence-electron chi connectivity index (χ0n) is 5.32. The summed E-state index contributed by atoms with van der Waals surface area (Å²) in [6.07, 6.45) is 0.954. The van der Waals surface area contributed by atoms with Gasteiger partial charge in [-0.15, -0.1) is 0 Å². The Bertz CT molecular complexity index is 264. The molecule has 0 bridgehead atoms. The molecule has 2 N–H and O–H groups in total. The molecule has 0 saturated heterocycles. The molecule has 1 unspecified atom stereocenters. The van der Waals surface area contributed by atoms with Gasteiger partial charge < -0.3 is 0 Å². The van der Waals surface area contributed by atoms with E-state index >= 15 is 0 Å². The second kappa shape index (κ2) is 3.40. The van der Waals surface area contributed by atoms with Crippen molar-refractivity contribution in [2.24, 2.45) is 0 Å². The molecule has 1 atom stereocenters. The number of aromatic nitrogens is 1. The van der Waals surface area contributed by atoms with Gasteiger partial charge in [-0.3, -0.25) is 9.27 Å². The van der Waals surface area contributed by atoms with E-state index in [-0.39, 0.29) is 5.82 Å². The van der Waals surface area contributed by atoms with Crippen molar-refractivity contribution < 1.29 is 13.2 Å². The van der Waals surface area contributed by atoms with Gasteiger partial charge in [-0.25, -0.2) is 13.6 Å². The number of pyridine rings is 1. The van der Waals surface area contributed by atoms with Crippen LogP contribution in [-0.4, -0.2) is 13.7 Å². The smallest absolute Gasteiger partial charge is 0.260 e. The number of halogens is 1. The Morgan fingerprint density at radius 2 is 2.36 bits per heavy atom. The Morgan fingerprint density at radius 1 is 1.64 bits per heavy atom. The van der Waals surface area contributed by atoms with Gasteiger partial charge in [0.25, 0.3) is 11.3 Å². The molecule has 1 heterocycles. The van der Waals surface area contributed by atoms with Crippen LogP contribution in [0.4, 0.5) is 10.2 Å². The zero-order chi connectivity index (χ0) is 8.27. The molecule has 0 aliphatic heterocycles. The summed E-state index contributed by atoms with van der Waals surface area (Å²) in [6.45, 7) is 0. The molecule has 0 amide bonds. The lowest BCUT2D eigenvalue weighted by atomic mass is 10.5. The van der Waals surface area contributed by atoms with Crippen molar-refractivity contribution in [3.63, 3.8) is 0 Å². The molecule has 0 radical (unpaired) electrons. The van der Waals surface area contributed by atoms with E-state index in [1.54, 1.807) is 0 Å². The van der Waals surface area contributed by atoms with E-state index in [2.05, 4.69) is 9.71 Å². The van der Waals surface area contributed by atoms with E-state index in [1.165, 1.54) is 6.07 Å². The molecular weight excluding hydrogens is 171 g/mol. The predicted octanol–water partition coefficient (Wildman–Crippen LogP) is 0.769. The van der Waals surface area contributed by atoms with Crippen molar-refractivity contribution >= 4 is 17.1 Å². The van der Waals surface area contributed by atoms with Gasteiger partial charge in [0.2, 0.25) is 0 Å². The monoisotopic (exact) mass is 176 g/mol. The van der Waals surface area contributed by atoms with Crippen molar-refractivity contribution in [2.75, 3.05) is 4.72 Å². The third kappa shape index (κ3) is 2.60. The summed E-state index contributed by atoms with van der Waals surface area (Å²) in [6, 6.07) is 2.41. The minimum absolute atomic E-state index is 0.159. The number of anilines is 1. The van der Waals surface area contributed by atoms with Gasteiger partial charge in [0.1, 0.15) is 11.6 Å². The summed E-state index contributed by atoms with van der Waals surface area (Å²) < 4.78 is 32.7. The third-order valence-corrected chi connectivity index (χ3v) is 1.30. The lowest BCUT2D eigenvalue weighted by Crippen LogP contribution is -2.03. The molecule has 4 nitrogen and oxygen atoms in total. The average molecular weight is 176 g/mol. The molecule has 60 valence electrons. The van der Waals surface area contributed by atoms with E-state index in [0.717, 1.165) is 12.3 Å². The predicted molar refractivity (Wildman–Crippen MR) is 38.6 cm³/mol. The Kier molecular flexibility index (Phi) is 2.50. The molecule has 0 aliphatic carbocycles. The fourth-order valence-electron chi connectivity index (χ4n) is 0.526. The molecular formula is C5H5FN2O2S. The van der Waals surface area contributed by atoms with Gasteiger partial charge in [0.05, 0.1) is 6.20 Å². The fourth-order valence-corrected chi connectivity index (χ4v) is 0.825. The van der Waals surface area contributed by atoms with Crippen LogP contribution in [0.5, 0.6) is 0 Å². The molecule has 1 rings (SSSR count). The maximum atomic E-state index is 12.2. The van der Waals surface area contributed by atoms with Crippen LogP contribution in [-0.2, 0) is 11.3 Å². The first-order valence-electron chi connectivity index (χ1n) is 2.67. The molecule has 1 aromatic heterocycles. The molecule has 11 heavy (non-hydrogen) atoms. The van der Waals surface area contributed by atoms with Crippen LogP contribution < -0.4 is 4.72 Å². The Hall–Kier alpha value is -1.01. The van der Waals surface area contributed by atoms with Gasteiger partial charge >= 0.3 is 0 Å². The van der Waals surface area contributed by atoms with Gasteiger partial charge in [-0.05, 0) is 12.1 Å². The van der Waals surface area contributed by atoms with Crippen LogP contribution in [0.1, 0.15) is 0 Å². The largest absolute Gasteiger partial charge is 0.289 e. The number of nitrogens with one attached hydrogen (secondary N) is 1. The Labute approximate surface area is 64.9 Å².